The van der Waals surface area contributed by atoms with Gasteiger partial charge in [0.15, 0.2) is 0 Å². The van der Waals surface area contributed by atoms with Crippen LogP contribution in [0, 0.1) is 0 Å². The van der Waals surface area contributed by atoms with Gasteiger partial charge in [-0.05, 0) is 23.8 Å². The van der Waals surface area contributed by atoms with Crippen LogP contribution in [0.1, 0.15) is 97.3 Å². The summed E-state index contributed by atoms with van der Waals surface area (Å²) >= 11 is 0. The zero-order valence-corrected chi connectivity index (χ0v) is 22.7. The Balaban J connectivity index is 0.000000249. The fourth-order valence-corrected chi connectivity index (χ4v) is 6.57. The van der Waals surface area contributed by atoms with Gasteiger partial charge >= 0.3 is 0 Å². The van der Waals surface area contributed by atoms with Crippen LogP contribution in [0.4, 0.5) is 0 Å². The van der Waals surface area contributed by atoms with Gasteiger partial charge < -0.3 is 0 Å². The summed E-state index contributed by atoms with van der Waals surface area (Å²) in [6.07, 6.45) is 18.9. The van der Waals surface area contributed by atoms with Gasteiger partial charge in [-0.25, -0.2) is 0 Å². The van der Waals surface area contributed by atoms with Crippen molar-refractivity contribution >= 4 is 23.8 Å². The van der Waals surface area contributed by atoms with Crippen LogP contribution in [-0.4, -0.2) is 0 Å². The molecule has 3 rings (SSSR count). The van der Waals surface area contributed by atoms with E-state index in [-0.39, 0.29) is 0 Å². The predicted octanol–water partition coefficient (Wildman–Crippen LogP) is 9.54. The molecule has 0 saturated heterocycles. The van der Waals surface area contributed by atoms with Crippen molar-refractivity contribution in [1.29, 1.82) is 0 Å². The van der Waals surface area contributed by atoms with E-state index in [4.69, 9.17) is 0 Å². The summed E-state index contributed by atoms with van der Waals surface area (Å²) in [5.41, 5.74) is 0. The Bertz CT molecular complexity index is 707. The monoisotopic (exact) mass is 474 g/mol. The van der Waals surface area contributed by atoms with Gasteiger partial charge in [-0.15, -0.1) is 0 Å². The summed E-state index contributed by atoms with van der Waals surface area (Å²) in [5, 5.41) is 4.19. The Morgan fingerprint density at radius 2 is 0.588 bits per heavy atom. The molecule has 0 nitrogen and oxygen atoms in total. The van der Waals surface area contributed by atoms with Gasteiger partial charge in [-0.1, -0.05) is 188 Å². The van der Waals surface area contributed by atoms with Crippen LogP contribution in [0.15, 0.2) is 91.0 Å². The first-order valence-electron chi connectivity index (χ1n) is 13.8. The zero-order valence-electron chi connectivity index (χ0n) is 21.8. The maximum absolute atomic E-state index is 2.29. The van der Waals surface area contributed by atoms with Crippen LogP contribution in [-0.2, 0) is 0 Å². The summed E-state index contributed by atoms with van der Waals surface area (Å²) in [4.78, 5) is 0. The maximum atomic E-state index is 2.29. The molecule has 0 atom stereocenters. The molecule has 0 aliphatic rings. The first-order chi connectivity index (χ1) is 16.9. The number of hydrogen-bond donors (Lipinski definition) is 0. The molecule has 0 bridgehead atoms. The second-order valence-corrected chi connectivity index (χ2v) is 11.5. The molecule has 184 valence electrons. The molecule has 0 radical (unpaired) electrons. The van der Waals surface area contributed by atoms with Crippen molar-refractivity contribution in [2.45, 2.75) is 97.3 Å². The molecule has 1 heteroatoms. The topological polar surface area (TPSA) is 0 Å². The lowest BCUT2D eigenvalue weighted by molar-refractivity contribution is 0.542. The third-order valence-electron chi connectivity index (χ3n) is 6.25. The summed E-state index contributed by atoms with van der Waals surface area (Å²) in [7, 11) is -0.446. The van der Waals surface area contributed by atoms with E-state index in [2.05, 4.69) is 105 Å². The average molecular weight is 475 g/mol. The Kier molecular flexibility index (Phi) is 16.2. The summed E-state index contributed by atoms with van der Waals surface area (Å²) in [6, 6.07) is 32.3. The minimum Gasteiger partial charge on any atom is -0.0654 e. The normalized spacial score (nSPS) is 10.7. The van der Waals surface area contributed by atoms with Crippen LogP contribution in [0.3, 0.4) is 0 Å². The van der Waals surface area contributed by atoms with Gasteiger partial charge in [0.2, 0.25) is 0 Å². The smallest absolute Gasteiger partial charge is 0.0134 e. The van der Waals surface area contributed by atoms with E-state index in [1.807, 2.05) is 0 Å². The molecule has 0 N–H and O–H groups in total. The van der Waals surface area contributed by atoms with E-state index < -0.39 is 7.92 Å². The lowest BCUT2D eigenvalue weighted by Crippen LogP contribution is -2.20. The van der Waals surface area contributed by atoms with Crippen LogP contribution >= 0.6 is 7.92 Å². The second-order valence-electron chi connectivity index (χ2n) is 9.23. The van der Waals surface area contributed by atoms with Gasteiger partial charge in [-0.2, -0.15) is 0 Å². The highest BCUT2D eigenvalue weighted by atomic mass is 31.1. The van der Waals surface area contributed by atoms with E-state index in [9.17, 15) is 0 Å². The highest BCUT2D eigenvalue weighted by Crippen LogP contribution is 2.32. The standard InChI is InChI=1S/C18H15P.C15H32/c1-4-10-16(11-5-1)19(17-12-6-2-7-13-17)18-14-8-3-9-15-18;1-3-5-7-9-11-13-15-14-12-10-8-6-4-2/h1-15H;3-15H2,1-2H3. The first-order valence-corrected chi connectivity index (χ1v) is 15.2. The van der Waals surface area contributed by atoms with Crippen LogP contribution in [0.2, 0.25) is 0 Å². The van der Waals surface area contributed by atoms with Gasteiger partial charge in [0, 0.05) is 0 Å². The number of rotatable bonds is 15. The van der Waals surface area contributed by atoms with Crippen LogP contribution < -0.4 is 15.9 Å². The molecule has 3 aromatic rings. The average Bonchev–Trinajstić information content (AvgIpc) is 2.90. The molecule has 0 heterocycles. The fourth-order valence-electron chi connectivity index (χ4n) is 4.27. The fraction of sp³-hybridized carbons (Fsp3) is 0.455. The van der Waals surface area contributed by atoms with Crippen LogP contribution in [0.25, 0.3) is 0 Å². The Morgan fingerprint density at radius 1 is 0.353 bits per heavy atom. The van der Waals surface area contributed by atoms with Crippen molar-refractivity contribution in [2.75, 3.05) is 0 Å². The minimum absolute atomic E-state index is 0.446. The molecule has 0 fully saturated rings. The summed E-state index contributed by atoms with van der Waals surface area (Å²) in [6.45, 7) is 4.58. The molecule has 0 aliphatic heterocycles. The number of unbranched alkanes of at least 4 members (excludes halogenated alkanes) is 12. The van der Waals surface area contributed by atoms with E-state index >= 15 is 0 Å². The third-order valence-corrected chi connectivity index (χ3v) is 8.69. The summed E-state index contributed by atoms with van der Waals surface area (Å²) < 4.78 is 0. The van der Waals surface area contributed by atoms with Gasteiger partial charge in [0.1, 0.15) is 0 Å². The second kappa shape index (κ2) is 19.4. The largest absolute Gasteiger partial charge is 0.0654 e. The lowest BCUT2D eigenvalue weighted by atomic mass is 10.1. The minimum atomic E-state index is -0.446. The van der Waals surface area contributed by atoms with Crippen molar-refractivity contribution in [1.82, 2.24) is 0 Å². The lowest BCUT2D eigenvalue weighted by Gasteiger charge is -2.18. The van der Waals surface area contributed by atoms with Crippen molar-refractivity contribution in [3.63, 3.8) is 0 Å². The first kappa shape index (κ1) is 28.3. The highest BCUT2D eigenvalue weighted by molar-refractivity contribution is 7.79. The molecule has 0 unspecified atom stereocenters. The van der Waals surface area contributed by atoms with Crippen molar-refractivity contribution in [3.8, 4) is 0 Å². The zero-order chi connectivity index (χ0) is 24.1. The molecular weight excluding hydrogens is 427 g/mol. The SMILES string of the molecule is CCCCCCCCCCCCCCC.c1ccc(P(c2ccccc2)c2ccccc2)cc1. The maximum Gasteiger partial charge on any atom is -0.0134 e. The highest BCUT2D eigenvalue weighted by Gasteiger charge is 2.14. The van der Waals surface area contributed by atoms with E-state index in [1.165, 1.54) is 99.4 Å². The van der Waals surface area contributed by atoms with E-state index in [0.717, 1.165) is 0 Å². The van der Waals surface area contributed by atoms with Crippen molar-refractivity contribution < 1.29 is 0 Å². The molecule has 34 heavy (non-hydrogen) atoms. The molecular formula is C33H47P. The van der Waals surface area contributed by atoms with Gasteiger partial charge in [0.05, 0.1) is 0 Å². The van der Waals surface area contributed by atoms with Crippen molar-refractivity contribution in [2.24, 2.45) is 0 Å². The summed E-state index contributed by atoms with van der Waals surface area (Å²) in [5.74, 6) is 0. The third kappa shape index (κ3) is 12.0. The molecule has 0 aliphatic carbocycles. The predicted molar refractivity (Wildman–Crippen MR) is 157 cm³/mol. The van der Waals surface area contributed by atoms with E-state index in [0.29, 0.717) is 0 Å². The molecule has 3 aromatic carbocycles. The molecule has 0 amide bonds. The number of hydrogen-bond acceptors (Lipinski definition) is 0. The molecule has 0 spiro atoms. The van der Waals surface area contributed by atoms with E-state index in [1.54, 1.807) is 0 Å². The van der Waals surface area contributed by atoms with Crippen LogP contribution in [0.5, 0.6) is 0 Å². The van der Waals surface area contributed by atoms with Gasteiger partial charge in [0.25, 0.3) is 0 Å². The Labute approximate surface area is 212 Å². The Morgan fingerprint density at radius 3 is 0.824 bits per heavy atom. The molecule has 0 saturated carbocycles. The quantitative estimate of drug-likeness (QED) is 0.152. The Hall–Kier alpha value is -1.91. The van der Waals surface area contributed by atoms with Crippen molar-refractivity contribution in [3.05, 3.63) is 91.0 Å². The molecule has 0 aromatic heterocycles. The van der Waals surface area contributed by atoms with Gasteiger partial charge in [-0.3, -0.25) is 0 Å². The number of benzene rings is 3.